The highest BCUT2D eigenvalue weighted by molar-refractivity contribution is 5.91. The Balaban J connectivity index is 1.95. The Labute approximate surface area is 124 Å². The van der Waals surface area contributed by atoms with Gasteiger partial charge in [-0.15, -0.1) is 0 Å². The minimum atomic E-state index is -0.260. The molecule has 0 aliphatic carbocycles. The molecule has 1 aromatic heterocycles. The Hall–Kier alpha value is -1.82. The summed E-state index contributed by atoms with van der Waals surface area (Å²) in [5.74, 6) is 0.0241. The van der Waals surface area contributed by atoms with Crippen molar-refractivity contribution in [2.45, 2.75) is 38.5 Å². The number of hydrogen-bond acceptors (Lipinski definition) is 4. The lowest BCUT2D eigenvalue weighted by atomic mass is 10.2. The molecule has 118 valence electrons. The minimum absolute atomic E-state index is 0.00408. The standard InChI is InChI=1S/C15H24N2O4/c18-11-4-2-1-3-9-16-14(19)8-5-10-17-15(20)13-7-6-12-21-13/h6-7,12,18H,1-5,8-11H2,(H,16,19)(H,17,20). The molecule has 0 saturated carbocycles. The van der Waals surface area contributed by atoms with Crippen LogP contribution in [0.1, 0.15) is 49.1 Å². The molecule has 0 aliphatic rings. The van der Waals surface area contributed by atoms with Crippen LogP contribution >= 0.6 is 0 Å². The number of aliphatic hydroxyl groups excluding tert-OH is 1. The summed E-state index contributed by atoms with van der Waals surface area (Å²) in [6, 6.07) is 3.25. The Morgan fingerprint density at radius 3 is 2.52 bits per heavy atom. The number of hydrogen-bond donors (Lipinski definition) is 3. The van der Waals surface area contributed by atoms with Crippen molar-refractivity contribution in [1.82, 2.24) is 10.6 Å². The number of amides is 2. The van der Waals surface area contributed by atoms with Gasteiger partial charge in [0.05, 0.1) is 6.26 Å². The van der Waals surface area contributed by atoms with E-state index in [0.717, 1.165) is 25.7 Å². The van der Waals surface area contributed by atoms with Crippen molar-refractivity contribution in [1.29, 1.82) is 0 Å². The number of carbonyl (C=O) groups is 2. The average Bonchev–Trinajstić information content (AvgIpc) is 3.01. The summed E-state index contributed by atoms with van der Waals surface area (Å²) in [5.41, 5.74) is 0. The van der Waals surface area contributed by atoms with Crippen molar-refractivity contribution in [2.24, 2.45) is 0 Å². The van der Waals surface area contributed by atoms with Gasteiger partial charge in [-0.05, 0) is 31.4 Å². The summed E-state index contributed by atoms with van der Waals surface area (Å²) in [7, 11) is 0. The lowest BCUT2D eigenvalue weighted by Crippen LogP contribution is -2.27. The van der Waals surface area contributed by atoms with E-state index in [1.165, 1.54) is 6.26 Å². The Morgan fingerprint density at radius 2 is 1.81 bits per heavy atom. The van der Waals surface area contributed by atoms with E-state index in [1.54, 1.807) is 12.1 Å². The van der Waals surface area contributed by atoms with Gasteiger partial charge in [0.15, 0.2) is 5.76 Å². The van der Waals surface area contributed by atoms with Gasteiger partial charge in [0.1, 0.15) is 0 Å². The number of furan rings is 1. The van der Waals surface area contributed by atoms with E-state index in [0.29, 0.717) is 25.9 Å². The van der Waals surface area contributed by atoms with Gasteiger partial charge in [0.25, 0.3) is 5.91 Å². The number of rotatable bonds is 11. The molecule has 2 amide bonds. The summed E-state index contributed by atoms with van der Waals surface area (Å²) in [5, 5.41) is 14.2. The SMILES string of the molecule is O=C(CCCNC(=O)c1ccco1)NCCCCCCO. The first-order chi connectivity index (χ1) is 10.2. The third-order valence-electron chi connectivity index (χ3n) is 3.02. The maximum atomic E-state index is 11.5. The van der Waals surface area contributed by atoms with Crippen LogP contribution in [0.15, 0.2) is 22.8 Å². The summed E-state index contributed by atoms with van der Waals surface area (Å²) in [4.78, 5) is 23.0. The molecule has 0 saturated heterocycles. The molecule has 21 heavy (non-hydrogen) atoms. The zero-order valence-corrected chi connectivity index (χ0v) is 12.3. The molecule has 0 radical (unpaired) electrons. The second-order valence-corrected chi connectivity index (χ2v) is 4.82. The summed E-state index contributed by atoms with van der Waals surface area (Å²) in [6.07, 6.45) is 6.20. The van der Waals surface area contributed by atoms with Crippen molar-refractivity contribution in [2.75, 3.05) is 19.7 Å². The highest BCUT2D eigenvalue weighted by atomic mass is 16.3. The van der Waals surface area contributed by atoms with Crippen LogP contribution in [-0.2, 0) is 4.79 Å². The van der Waals surface area contributed by atoms with Gasteiger partial charge < -0.3 is 20.2 Å². The molecular weight excluding hydrogens is 272 g/mol. The minimum Gasteiger partial charge on any atom is -0.459 e. The van der Waals surface area contributed by atoms with Gasteiger partial charge in [-0.1, -0.05) is 12.8 Å². The van der Waals surface area contributed by atoms with Crippen LogP contribution in [0.25, 0.3) is 0 Å². The van der Waals surface area contributed by atoms with Gasteiger partial charge >= 0.3 is 0 Å². The first kappa shape index (κ1) is 17.2. The zero-order valence-electron chi connectivity index (χ0n) is 12.3. The van der Waals surface area contributed by atoms with Gasteiger partial charge in [-0.25, -0.2) is 0 Å². The fraction of sp³-hybridized carbons (Fsp3) is 0.600. The lowest BCUT2D eigenvalue weighted by molar-refractivity contribution is -0.121. The fourth-order valence-electron chi connectivity index (χ4n) is 1.85. The summed E-state index contributed by atoms with van der Waals surface area (Å²) in [6.45, 7) is 1.35. The molecule has 6 heteroatoms. The average molecular weight is 296 g/mol. The number of carbonyl (C=O) groups excluding carboxylic acids is 2. The number of unbranched alkanes of at least 4 members (excludes halogenated alkanes) is 3. The molecule has 0 fully saturated rings. The van der Waals surface area contributed by atoms with Gasteiger partial charge in [0.2, 0.25) is 5.91 Å². The highest BCUT2D eigenvalue weighted by Crippen LogP contribution is 2.00. The van der Waals surface area contributed by atoms with E-state index in [4.69, 9.17) is 9.52 Å². The van der Waals surface area contributed by atoms with E-state index >= 15 is 0 Å². The molecule has 6 nitrogen and oxygen atoms in total. The Kier molecular flexibility index (Phi) is 8.95. The molecule has 3 N–H and O–H groups in total. The fourth-order valence-corrected chi connectivity index (χ4v) is 1.85. The molecule has 0 spiro atoms. The third kappa shape index (κ3) is 8.14. The molecule has 1 aromatic rings. The quantitative estimate of drug-likeness (QED) is 0.539. The van der Waals surface area contributed by atoms with Crippen LogP contribution in [-0.4, -0.2) is 36.6 Å². The topological polar surface area (TPSA) is 91.6 Å². The molecule has 0 atom stereocenters. The predicted molar refractivity (Wildman–Crippen MR) is 78.8 cm³/mol. The number of nitrogens with one attached hydrogen (secondary N) is 2. The number of aliphatic hydroxyl groups is 1. The van der Waals surface area contributed by atoms with Crippen LogP contribution < -0.4 is 10.6 Å². The van der Waals surface area contributed by atoms with Crippen molar-refractivity contribution < 1.29 is 19.1 Å². The molecule has 0 unspecified atom stereocenters. The van der Waals surface area contributed by atoms with E-state index in [1.807, 2.05) is 0 Å². The van der Waals surface area contributed by atoms with Crippen molar-refractivity contribution in [3.8, 4) is 0 Å². The van der Waals surface area contributed by atoms with Crippen LogP contribution in [0.2, 0.25) is 0 Å². The molecule has 0 aromatic carbocycles. The monoisotopic (exact) mass is 296 g/mol. The first-order valence-electron chi connectivity index (χ1n) is 7.43. The molecule has 0 aliphatic heterocycles. The largest absolute Gasteiger partial charge is 0.459 e. The second kappa shape index (κ2) is 10.9. The van der Waals surface area contributed by atoms with Crippen LogP contribution in [0, 0.1) is 0 Å². The smallest absolute Gasteiger partial charge is 0.286 e. The molecule has 0 bridgehead atoms. The molecule has 1 heterocycles. The maximum absolute atomic E-state index is 11.5. The Bertz CT molecular complexity index is 404. The first-order valence-corrected chi connectivity index (χ1v) is 7.43. The van der Waals surface area contributed by atoms with Gasteiger partial charge in [0, 0.05) is 26.1 Å². The maximum Gasteiger partial charge on any atom is 0.286 e. The van der Waals surface area contributed by atoms with Gasteiger partial charge in [-0.3, -0.25) is 9.59 Å². The predicted octanol–water partition coefficient (Wildman–Crippen LogP) is 1.46. The van der Waals surface area contributed by atoms with Crippen LogP contribution in [0.4, 0.5) is 0 Å². The zero-order chi connectivity index (χ0) is 15.3. The van der Waals surface area contributed by atoms with E-state index in [-0.39, 0.29) is 24.2 Å². The Morgan fingerprint density at radius 1 is 1.05 bits per heavy atom. The van der Waals surface area contributed by atoms with E-state index < -0.39 is 0 Å². The third-order valence-corrected chi connectivity index (χ3v) is 3.02. The second-order valence-electron chi connectivity index (χ2n) is 4.82. The normalized spacial score (nSPS) is 10.3. The van der Waals surface area contributed by atoms with Crippen molar-refractivity contribution >= 4 is 11.8 Å². The van der Waals surface area contributed by atoms with E-state index in [9.17, 15) is 9.59 Å². The van der Waals surface area contributed by atoms with Gasteiger partial charge in [-0.2, -0.15) is 0 Å². The molecular formula is C15H24N2O4. The van der Waals surface area contributed by atoms with Crippen LogP contribution in [0.5, 0.6) is 0 Å². The van der Waals surface area contributed by atoms with Crippen LogP contribution in [0.3, 0.4) is 0 Å². The summed E-state index contributed by atoms with van der Waals surface area (Å²) < 4.78 is 4.96. The summed E-state index contributed by atoms with van der Waals surface area (Å²) >= 11 is 0. The molecule has 1 rings (SSSR count). The van der Waals surface area contributed by atoms with Crippen molar-refractivity contribution in [3.63, 3.8) is 0 Å². The van der Waals surface area contributed by atoms with E-state index in [2.05, 4.69) is 10.6 Å². The highest BCUT2D eigenvalue weighted by Gasteiger charge is 2.07. The van der Waals surface area contributed by atoms with Crippen molar-refractivity contribution in [3.05, 3.63) is 24.2 Å². The lowest BCUT2D eigenvalue weighted by Gasteiger charge is -2.05.